The summed E-state index contributed by atoms with van der Waals surface area (Å²) < 4.78 is 27.5. The zero-order chi connectivity index (χ0) is 13.9. The van der Waals surface area contributed by atoms with Gasteiger partial charge in [0.25, 0.3) is 0 Å². The van der Waals surface area contributed by atoms with E-state index < -0.39 is 10.0 Å². The lowest BCUT2D eigenvalue weighted by molar-refractivity contribution is 0.293. The Morgan fingerprint density at radius 3 is 2.53 bits per heavy atom. The van der Waals surface area contributed by atoms with Crippen molar-refractivity contribution in [1.29, 1.82) is 0 Å². The summed E-state index contributed by atoms with van der Waals surface area (Å²) in [5.74, 6) is 0.298. The Morgan fingerprint density at radius 2 is 1.95 bits per heavy atom. The van der Waals surface area contributed by atoms with Gasteiger partial charge in [0.15, 0.2) is 0 Å². The van der Waals surface area contributed by atoms with Gasteiger partial charge in [-0.3, -0.25) is 0 Å². The van der Waals surface area contributed by atoms with Crippen LogP contribution in [0.4, 0.5) is 0 Å². The fourth-order valence-corrected chi connectivity index (χ4v) is 2.04. The highest BCUT2D eigenvalue weighted by atomic mass is 35.5. The molecule has 0 aliphatic heterocycles. The molecule has 1 aromatic heterocycles. The highest BCUT2D eigenvalue weighted by Crippen LogP contribution is 2.17. The van der Waals surface area contributed by atoms with Crippen LogP contribution in [0.15, 0.2) is 47.5 Å². The van der Waals surface area contributed by atoms with E-state index in [9.17, 15) is 8.42 Å². The molecule has 5 nitrogen and oxygen atoms in total. The molecule has 0 aliphatic carbocycles. The zero-order valence-electron chi connectivity index (χ0n) is 9.78. The van der Waals surface area contributed by atoms with Crippen molar-refractivity contribution in [3.63, 3.8) is 0 Å². The van der Waals surface area contributed by atoms with E-state index in [4.69, 9.17) is 21.5 Å². The molecule has 0 fully saturated rings. The first-order chi connectivity index (χ1) is 8.97. The standard InChI is InChI=1S/C12H11ClN2O3S/c13-11-4-2-1-3-9(11)8-18-12-6-5-10(7-15-12)19(14,16)17/h1-7H,8H2,(H2,14,16,17). The van der Waals surface area contributed by atoms with E-state index in [0.717, 1.165) is 11.8 Å². The molecule has 1 heterocycles. The number of primary sulfonamides is 1. The number of sulfonamides is 1. The molecule has 19 heavy (non-hydrogen) atoms. The summed E-state index contributed by atoms with van der Waals surface area (Å²) in [5.41, 5.74) is 0.821. The van der Waals surface area contributed by atoms with Crippen LogP contribution in [-0.2, 0) is 16.6 Å². The summed E-state index contributed by atoms with van der Waals surface area (Å²) in [7, 11) is -3.73. The molecule has 0 amide bonds. The number of nitrogens with zero attached hydrogens (tertiary/aromatic N) is 1. The van der Waals surface area contributed by atoms with Crippen LogP contribution in [0.25, 0.3) is 0 Å². The maximum atomic E-state index is 11.0. The highest BCUT2D eigenvalue weighted by molar-refractivity contribution is 7.89. The molecular formula is C12H11ClN2O3S. The Kier molecular flexibility index (Phi) is 4.04. The first kappa shape index (κ1) is 13.8. The van der Waals surface area contributed by atoms with Gasteiger partial charge in [-0.1, -0.05) is 29.8 Å². The largest absolute Gasteiger partial charge is 0.473 e. The molecule has 100 valence electrons. The molecule has 7 heteroatoms. The Bertz CT molecular complexity index is 672. The number of hydrogen-bond acceptors (Lipinski definition) is 4. The number of pyridine rings is 1. The lowest BCUT2D eigenvalue weighted by Gasteiger charge is -2.07. The van der Waals surface area contributed by atoms with Crippen LogP contribution in [0.3, 0.4) is 0 Å². The normalized spacial score (nSPS) is 11.3. The lowest BCUT2D eigenvalue weighted by atomic mass is 10.2. The molecule has 0 spiro atoms. The van der Waals surface area contributed by atoms with Crippen LogP contribution in [-0.4, -0.2) is 13.4 Å². The number of aromatic nitrogens is 1. The van der Waals surface area contributed by atoms with Gasteiger partial charge in [-0.05, 0) is 12.1 Å². The fraction of sp³-hybridized carbons (Fsp3) is 0.0833. The van der Waals surface area contributed by atoms with Gasteiger partial charge >= 0.3 is 0 Å². The Morgan fingerprint density at radius 1 is 1.21 bits per heavy atom. The third kappa shape index (κ3) is 3.66. The number of halogens is 1. The van der Waals surface area contributed by atoms with Crippen molar-refractivity contribution >= 4 is 21.6 Å². The van der Waals surface area contributed by atoms with Crippen molar-refractivity contribution in [2.24, 2.45) is 5.14 Å². The topological polar surface area (TPSA) is 82.3 Å². The Balaban J connectivity index is 2.07. The second kappa shape index (κ2) is 5.56. The number of ether oxygens (including phenoxy) is 1. The summed E-state index contributed by atoms with van der Waals surface area (Å²) >= 11 is 5.98. The van der Waals surface area contributed by atoms with Gasteiger partial charge in [-0.15, -0.1) is 0 Å². The molecule has 0 radical (unpaired) electrons. The second-order valence-corrected chi connectivity index (χ2v) is 5.73. The number of hydrogen-bond donors (Lipinski definition) is 1. The molecule has 2 aromatic rings. The summed E-state index contributed by atoms with van der Waals surface area (Å²) in [4.78, 5) is 3.81. The Labute approximate surface area is 116 Å². The van der Waals surface area contributed by atoms with Gasteiger partial charge < -0.3 is 4.74 Å². The van der Waals surface area contributed by atoms with Gasteiger partial charge in [0.1, 0.15) is 11.5 Å². The van der Waals surface area contributed by atoms with Crippen molar-refractivity contribution < 1.29 is 13.2 Å². The maximum Gasteiger partial charge on any atom is 0.239 e. The minimum atomic E-state index is -3.73. The van der Waals surface area contributed by atoms with Crippen LogP contribution in [0.2, 0.25) is 5.02 Å². The summed E-state index contributed by atoms with van der Waals surface area (Å²) in [6.45, 7) is 0.251. The molecular weight excluding hydrogens is 288 g/mol. The number of rotatable bonds is 4. The van der Waals surface area contributed by atoms with Crippen LogP contribution in [0.5, 0.6) is 5.88 Å². The van der Waals surface area contributed by atoms with Crippen LogP contribution in [0.1, 0.15) is 5.56 Å². The number of benzene rings is 1. The Hall–Kier alpha value is -1.63. The third-order valence-electron chi connectivity index (χ3n) is 2.37. The fourth-order valence-electron chi connectivity index (χ4n) is 1.39. The van der Waals surface area contributed by atoms with Crippen molar-refractivity contribution in [2.75, 3.05) is 0 Å². The zero-order valence-corrected chi connectivity index (χ0v) is 11.4. The van der Waals surface area contributed by atoms with E-state index in [1.807, 2.05) is 18.2 Å². The quantitative estimate of drug-likeness (QED) is 0.935. The van der Waals surface area contributed by atoms with Crippen LogP contribution in [0, 0.1) is 0 Å². The summed E-state index contributed by atoms with van der Waals surface area (Å²) in [6, 6.07) is 10.0. The monoisotopic (exact) mass is 298 g/mol. The highest BCUT2D eigenvalue weighted by Gasteiger charge is 2.08. The summed E-state index contributed by atoms with van der Waals surface area (Å²) in [5, 5.41) is 5.57. The van der Waals surface area contributed by atoms with Gasteiger partial charge in [0.2, 0.25) is 15.9 Å². The minimum absolute atomic E-state index is 0.0578. The van der Waals surface area contributed by atoms with Crippen molar-refractivity contribution in [1.82, 2.24) is 4.98 Å². The van der Waals surface area contributed by atoms with Crippen LogP contribution >= 0.6 is 11.6 Å². The molecule has 0 bridgehead atoms. The molecule has 2 N–H and O–H groups in total. The van der Waals surface area contributed by atoms with Gasteiger partial charge in [-0.2, -0.15) is 0 Å². The van der Waals surface area contributed by atoms with E-state index in [2.05, 4.69) is 4.98 Å². The first-order valence-electron chi connectivity index (χ1n) is 5.32. The van der Waals surface area contributed by atoms with Gasteiger partial charge in [0, 0.05) is 16.7 Å². The predicted octanol–water partition coefficient (Wildman–Crippen LogP) is 1.96. The van der Waals surface area contributed by atoms with Crippen molar-refractivity contribution in [2.45, 2.75) is 11.5 Å². The number of nitrogens with two attached hydrogens (primary N) is 1. The first-order valence-corrected chi connectivity index (χ1v) is 7.24. The maximum absolute atomic E-state index is 11.0. The molecule has 0 atom stereocenters. The smallest absolute Gasteiger partial charge is 0.239 e. The molecule has 2 rings (SSSR count). The SMILES string of the molecule is NS(=O)(=O)c1ccc(OCc2ccccc2Cl)nc1. The average Bonchev–Trinajstić information content (AvgIpc) is 2.37. The molecule has 0 unspecified atom stereocenters. The molecule has 1 aromatic carbocycles. The molecule has 0 saturated heterocycles. The van der Waals surface area contributed by atoms with Crippen molar-refractivity contribution in [3.05, 3.63) is 53.2 Å². The third-order valence-corrected chi connectivity index (χ3v) is 3.64. The van der Waals surface area contributed by atoms with E-state index in [1.54, 1.807) is 6.07 Å². The lowest BCUT2D eigenvalue weighted by Crippen LogP contribution is -2.12. The van der Waals surface area contributed by atoms with Crippen LogP contribution < -0.4 is 9.88 Å². The second-order valence-electron chi connectivity index (χ2n) is 3.76. The summed E-state index contributed by atoms with van der Waals surface area (Å²) in [6.07, 6.45) is 1.15. The minimum Gasteiger partial charge on any atom is -0.473 e. The van der Waals surface area contributed by atoms with E-state index in [1.165, 1.54) is 12.1 Å². The van der Waals surface area contributed by atoms with E-state index in [-0.39, 0.29) is 11.5 Å². The van der Waals surface area contributed by atoms with Crippen molar-refractivity contribution in [3.8, 4) is 5.88 Å². The van der Waals surface area contributed by atoms with E-state index in [0.29, 0.717) is 10.9 Å². The van der Waals surface area contributed by atoms with Gasteiger partial charge in [0.05, 0.1) is 6.20 Å². The molecule has 0 saturated carbocycles. The predicted molar refractivity (Wildman–Crippen MR) is 71.4 cm³/mol. The molecule has 0 aliphatic rings. The van der Waals surface area contributed by atoms with Gasteiger partial charge in [-0.25, -0.2) is 18.5 Å². The average molecular weight is 299 g/mol. The van der Waals surface area contributed by atoms with E-state index >= 15 is 0 Å².